The molecule has 3 heterocycles. The lowest BCUT2D eigenvalue weighted by Gasteiger charge is -2.36. The highest BCUT2D eigenvalue weighted by Gasteiger charge is 2.28. The summed E-state index contributed by atoms with van der Waals surface area (Å²) in [5, 5.41) is 2.52. The number of ether oxygens (including phenoxy) is 1. The molecule has 8 heteroatoms. The van der Waals surface area contributed by atoms with Gasteiger partial charge >= 0.3 is 0 Å². The van der Waals surface area contributed by atoms with Crippen LogP contribution in [0.3, 0.4) is 0 Å². The second kappa shape index (κ2) is 10.9. The van der Waals surface area contributed by atoms with Gasteiger partial charge in [-0.05, 0) is 56.5 Å². The van der Waals surface area contributed by atoms with E-state index in [1.54, 1.807) is 0 Å². The number of fused-ring (bicyclic) bond motifs is 1. The molecule has 0 spiro atoms. The summed E-state index contributed by atoms with van der Waals surface area (Å²) in [6.45, 7) is 7.10. The zero-order chi connectivity index (χ0) is 21.6. The standard InChI is InChI=1S/C23H37ClN6O/c1-3-5-6-11-19(31-4-2)17-12-14-29(15-13-17)28-21-20-22(27-23(24)26-21)30(16-25-20)18-9-7-8-10-18/h16-19H,3-15H2,1-2H3,(H,26,27,28). The van der Waals surface area contributed by atoms with Crippen LogP contribution in [-0.2, 0) is 4.74 Å². The number of hydrazine groups is 1. The molecule has 1 saturated heterocycles. The molecule has 172 valence electrons. The minimum atomic E-state index is 0.275. The smallest absolute Gasteiger partial charge is 0.226 e. The monoisotopic (exact) mass is 448 g/mol. The van der Waals surface area contributed by atoms with Gasteiger partial charge < -0.3 is 14.7 Å². The molecule has 2 aromatic heterocycles. The molecule has 31 heavy (non-hydrogen) atoms. The van der Waals surface area contributed by atoms with Crippen LogP contribution in [0.25, 0.3) is 11.2 Å². The lowest BCUT2D eigenvalue weighted by Crippen LogP contribution is -2.41. The third-order valence-corrected chi connectivity index (χ3v) is 7.08. The van der Waals surface area contributed by atoms with Crippen LogP contribution in [0, 0.1) is 5.92 Å². The van der Waals surface area contributed by atoms with Crippen molar-refractivity contribution < 1.29 is 4.74 Å². The predicted molar refractivity (Wildman–Crippen MR) is 125 cm³/mol. The van der Waals surface area contributed by atoms with E-state index in [1.165, 1.54) is 51.4 Å². The quantitative estimate of drug-likeness (QED) is 0.376. The van der Waals surface area contributed by atoms with E-state index >= 15 is 0 Å². The Morgan fingerprint density at radius 1 is 1.13 bits per heavy atom. The van der Waals surface area contributed by atoms with E-state index < -0.39 is 0 Å². The van der Waals surface area contributed by atoms with E-state index in [1.807, 2.05) is 6.33 Å². The molecule has 0 bridgehead atoms. The first-order valence-electron chi connectivity index (χ1n) is 12.2. The zero-order valence-electron chi connectivity index (χ0n) is 19.0. The molecule has 1 atom stereocenters. The van der Waals surface area contributed by atoms with Gasteiger partial charge in [0, 0.05) is 25.7 Å². The predicted octanol–water partition coefficient (Wildman–Crippen LogP) is 5.62. The van der Waals surface area contributed by atoms with Crippen LogP contribution in [0.15, 0.2) is 6.33 Å². The highest BCUT2D eigenvalue weighted by molar-refractivity contribution is 6.28. The molecule has 1 N–H and O–H groups in total. The van der Waals surface area contributed by atoms with Crippen molar-refractivity contribution in [2.24, 2.45) is 5.92 Å². The minimum Gasteiger partial charge on any atom is -0.378 e. The molecule has 1 aliphatic carbocycles. The molecule has 7 nitrogen and oxygen atoms in total. The molecule has 0 amide bonds. The second-order valence-corrected chi connectivity index (χ2v) is 9.37. The maximum atomic E-state index is 6.30. The van der Waals surface area contributed by atoms with Crippen LogP contribution in [0.2, 0.25) is 5.28 Å². The van der Waals surface area contributed by atoms with E-state index in [0.717, 1.165) is 49.5 Å². The van der Waals surface area contributed by atoms with Crippen molar-refractivity contribution in [3.05, 3.63) is 11.6 Å². The van der Waals surface area contributed by atoms with Gasteiger partial charge in [0.05, 0.1) is 12.4 Å². The molecule has 0 radical (unpaired) electrons. The third kappa shape index (κ3) is 5.49. The molecule has 2 aromatic rings. The fraction of sp³-hybridized carbons (Fsp3) is 0.783. The van der Waals surface area contributed by atoms with Crippen LogP contribution in [0.1, 0.15) is 84.1 Å². The Morgan fingerprint density at radius 3 is 2.61 bits per heavy atom. The van der Waals surface area contributed by atoms with Crippen molar-refractivity contribution in [1.82, 2.24) is 24.5 Å². The summed E-state index contributed by atoms with van der Waals surface area (Å²) < 4.78 is 8.31. The summed E-state index contributed by atoms with van der Waals surface area (Å²) in [4.78, 5) is 13.6. The first kappa shape index (κ1) is 22.7. The molecule has 2 fully saturated rings. The minimum absolute atomic E-state index is 0.275. The topological polar surface area (TPSA) is 68.1 Å². The largest absolute Gasteiger partial charge is 0.378 e. The Kier molecular flexibility index (Phi) is 8.02. The van der Waals surface area contributed by atoms with E-state index in [4.69, 9.17) is 16.3 Å². The molecule has 1 aliphatic heterocycles. The fourth-order valence-electron chi connectivity index (χ4n) is 5.22. The SMILES string of the molecule is CCCCCC(OCC)C1CCN(Nc2nc(Cl)nc3c2ncn3C2CCCC2)CC1. The summed E-state index contributed by atoms with van der Waals surface area (Å²) in [6, 6.07) is 0.475. The number of aromatic nitrogens is 4. The van der Waals surface area contributed by atoms with Crippen molar-refractivity contribution in [2.75, 3.05) is 25.1 Å². The van der Waals surface area contributed by atoms with Gasteiger partial charge in [-0.3, -0.25) is 0 Å². The van der Waals surface area contributed by atoms with Crippen molar-refractivity contribution in [3.63, 3.8) is 0 Å². The normalized spacial score (nSPS) is 20.0. The maximum Gasteiger partial charge on any atom is 0.226 e. The number of piperidine rings is 1. The molecule has 2 aliphatic rings. The number of nitrogens with zero attached hydrogens (tertiary/aromatic N) is 5. The van der Waals surface area contributed by atoms with E-state index in [0.29, 0.717) is 18.1 Å². The van der Waals surface area contributed by atoms with Gasteiger partial charge in [0.1, 0.15) is 0 Å². The van der Waals surface area contributed by atoms with Crippen LogP contribution in [-0.4, -0.2) is 50.3 Å². The molecule has 4 rings (SSSR count). The number of unbranched alkanes of at least 4 members (excludes halogenated alkanes) is 2. The number of halogens is 1. The van der Waals surface area contributed by atoms with Crippen LogP contribution in [0.5, 0.6) is 0 Å². The molecule has 1 unspecified atom stereocenters. The fourth-order valence-corrected chi connectivity index (χ4v) is 5.38. The number of nitrogens with one attached hydrogen (secondary N) is 1. The summed E-state index contributed by atoms with van der Waals surface area (Å²) >= 11 is 6.30. The highest BCUT2D eigenvalue weighted by Crippen LogP contribution is 2.33. The Morgan fingerprint density at radius 2 is 1.90 bits per heavy atom. The first-order chi connectivity index (χ1) is 15.2. The average molecular weight is 449 g/mol. The second-order valence-electron chi connectivity index (χ2n) is 9.03. The average Bonchev–Trinajstić information content (AvgIpc) is 3.43. The highest BCUT2D eigenvalue weighted by atomic mass is 35.5. The van der Waals surface area contributed by atoms with Gasteiger partial charge in [0.25, 0.3) is 0 Å². The van der Waals surface area contributed by atoms with E-state index in [-0.39, 0.29) is 5.28 Å². The lowest BCUT2D eigenvalue weighted by atomic mass is 9.89. The van der Waals surface area contributed by atoms with Crippen LogP contribution < -0.4 is 5.43 Å². The summed E-state index contributed by atoms with van der Waals surface area (Å²) in [6.07, 6.45) is 14.5. The third-order valence-electron chi connectivity index (χ3n) is 6.91. The van der Waals surface area contributed by atoms with Crippen molar-refractivity contribution in [2.45, 2.75) is 90.2 Å². The van der Waals surface area contributed by atoms with Crippen molar-refractivity contribution in [1.29, 1.82) is 0 Å². The van der Waals surface area contributed by atoms with Gasteiger partial charge in [-0.25, -0.2) is 9.99 Å². The van der Waals surface area contributed by atoms with Crippen LogP contribution in [0.4, 0.5) is 5.82 Å². The molecular formula is C23H37ClN6O. The number of anilines is 1. The Bertz CT molecular complexity index is 829. The summed E-state index contributed by atoms with van der Waals surface area (Å²) in [5.41, 5.74) is 5.15. The number of imidazole rings is 1. The van der Waals surface area contributed by atoms with Gasteiger partial charge in [-0.15, -0.1) is 0 Å². The maximum absolute atomic E-state index is 6.30. The molecular weight excluding hydrogens is 412 g/mol. The van der Waals surface area contributed by atoms with Gasteiger partial charge in [-0.2, -0.15) is 9.97 Å². The summed E-state index contributed by atoms with van der Waals surface area (Å²) in [7, 11) is 0. The Hall–Kier alpha value is -1.44. The molecule has 1 saturated carbocycles. The zero-order valence-corrected chi connectivity index (χ0v) is 19.8. The number of hydrogen-bond donors (Lipinski definition) is 1. The van der Waals surface area contributed by atoms with Gasteiger partial charge in [0.15, 0.2) is 17.0 Å². The van der Waals surface area contributed by atoms with Crippen molar-refractivity contribution >= 4 is 28.6 Å². The number of hydrogen-bond acceptors (Lipinski definition) is 6. The Labute approximate surface area is 190 Å². The number of rotatable bonds is 10. The molecule has 0 aromatic carbocycles. The van der Waals surface area contributed by atoms with Gasteiger partial charge in [-0.1, -0.05) is 39.0 Å². The summed E-state index contributed by atoms with van der Waals surface area (Å²) in [5.74, 6) is 1.35. The van der Waals surface area contributed by atoms with Crippen LogP contribution >= 0.6 is 11.6 Å². The van der Waals surface area contributed by atoms with Gasteiger partial charge in [0.2, 0.25) is 5.28 Å². The van der Waals surface area contributed by atoms with E-state index in [9.17, 15) is 0 Å². The Balaban J connectivity index is 1.40. The first-order valence-corrected chi connectivity index (χ1v) is 12.6. The van der Waals surface area contributed by atoms with Crippen molar-refractivity contribution in [3.8, 4) is 0 Å². The van der Waals surface area contributed by atoms with E-state index in [2.05, 4.69) is 43.8 Å². The lowest BCUT2D eigenvalue weighted by molar-refractivity contribution is -0.00722.